The molecule has 1 unspecified atom stereocenters. The zero-order chi connectivity index (χ0) is 11.6. The molecule has 1 aromatic rings. The van der Waals surface area contributed by atoms with Crippen LogP contribution in [-0.2, 0) is 0 Å². The smallest absolute Gasteiger partial charge is 0.0411 e. The molecule has 0 bridgehead atoms. The van der Waals surface area contributed by atoms with Crippen LogP contribution in [0.2, 0.25) is 0 Å². The van der Waals surface area contributed by atoms with Crippen molar-refractivity contribution in [2.75, 3.05) is 30.6 Å². The van der Waals surface area contributed by atoms with Crippen LogP contribution in [0.3, 0.4) is 0 Å². The molecular formula is C13H21NS2. The minimum absolute atomic E-state index is 0.498. The van der Waals surface area contributed by atoms with Crippen LogP contribution >= 0.6 is 23.5 Å². The molecule has 0 aliphatic rings. The molecule has 16 heavy (non-hydrogen) atoms. The van der Waals surface area contributed by atoms with Gasteiger partial charge in [-0.15, -0.1) is 0 Å². The number of nitrogens with one attached hydrogen (secondary N) is 1. The van der Waals surface area contributed by atoms with Crippen LogP contribution in [0, 0.1) is 0 Å². The average molecular weight is 255 g/mol. The normalized spacial score (nSPS) is 12.6. The van der Waals surface area contributed by atoms with E-state index >= 15 is 0 Å². The highest BCUT2D eigenvalue weighted by atomic mass is 32.2. The Labute approximate surface area is 108 Å². The molecule has 0 aromatic heterocycles. The number of hydrogen-bond acceptors (Lipinski definition) is 3. The minimum atomic E-state index is 0.498. The first-order chi connectivity index (χ1) is 7.88. The van der Waals surface area contributed by atoms with E-state index < -0.39 is 0 Å². The van der Waals surface area contributed by atoms with E-state index in [1.165, 1.54) is 17.7 Å². The van der Waals surface area contributed by atoms with Gasteiger partial charge in [-0.25, -0.2) is 0 Å². The Hall–Kier alpha value is -0.120. The molecule has 0 fully saturated rings. The Morgan fingerprint density at radius 2 is 1.88 bits per heavy atom. The predicted octanol–water partition coefficient (Wildman–Crippen LogP) is 3.43. The van der Waals surface area contributed by atoms with E-state index in [2.05, 4.69) is 48.2 Å². The van der Waals surface area contributed by atoms with Crippen molar-refractivity contribution >= 4 is 23.5 Å². The first kappa shape index (κ1) is 13.9. The number of rotatable bonds is 8. The van der Waals surface area contributed by atoms with Crippen molar-refractivity contribution in [1.29, 1.82) is 0 Å². The van der Waals surface area contributed by atoms with Crippen LogP contribution in [0.15, 0.2) is 30.3 Å². The second-order valence-corrected chi connectivity index (χ2v) is 5.62. The van der Waals surface area contributed by atoms with Crippen LogP contribution in [0.5, 0.6) is 0 Å². The Morgan fingerprint density at radius 3 is 2.50 bits per heavy atom. The van der Waals surface area contributed by atoms with Gasteiger partial charge in [0.2, 0.25) is 0 Å². The maximum absolute atomic E-state index is 3.64. The Balaban J connectivity index is 2.41. The van der Waals surface area contributed by atoms with Crippen molar-refractivity contribution in [3.05, 3.63) is 35.9 Å². The van der Waals surface area contributed by atoms with E-state index in [9.17, 15) is 0 Å². The zero-order valence-corrected chi connectivity index (χ0v) is 11.7. The molecule has 1 atom stereocenters. The van der Waals surface area contributed by atoms with Crippen molar-refractivity contribution in [3.8, 4) is 0 Å². The highest BCUT2D eigenvalue weighted by Crippen LogP contribution is 2.16. The summed E-state index contributed by atoms with van der Waals surface area (Å²) in [5.41, 5.74) is 1.40. The fraction of sp³-hybridized carbons (Fsp3) is 0.538. The monoisotopic (exact) mass is 255 g/mol. The summed E-state index contributed by atoms with van der Waals surface area (Å²) < 4.78 is 0. The zero-order valence-electron chi connectivity index (χ0n) is 10.1. The van der Waals surface area contributed by atoms with Gasteiger partial charge < -0.3 is 5.32 Å². The van der Waals surface area contributed by atoms with Crippen molar-refractivity contribution < 1.29 is 0 Å². The Bertz CT molecular complexity index is 264. The third-order valence-corrected chi connectivity index (χ3v) is 3.81. The summed E-state index contributed by atoms with van der Waals surface area (Å²) in [6.45, 7) is 1.11. The topological polar surface area (TPSA) is 12.0 Å². The van der Waals surface area contributed by atoms with Crippen LogP contribution in [0.4, 0.5) is 0 Å². The highest BCUT2D eigenvalue weighted by molar-refractivity contribution is 7.98. The molecule has 0 spiro atoms. The largest absolute Gasteiger partial charge is 0.309 e. The van der Waals surface area contributed by atoms with Crippen molar-refractivity contribution in [2.45, 2.75) is 12.5 Å². The summed E-state index contributed by atoms with van der Waals surface area (Å²) in [4.78, 5) is 0. The fourth-order valence-corrected chi connectivity index (χ4v) is 2.69. The lowest BCUT2D eigenvalue weighted by Crippen LogP contribution is -2.24. The van der Waals surface area contributed by atoms with Gasteiger partial charge in [-0.3, -0.25) is 0 Å². The lowest BCUT2D eigenvalue weighted by Gasteiger charge is -2.18. The molecule has 1 rings (SSSR count). The molecule has 0 aliphatic heterocycles. The van der Waals surface area contributed by atoms with Gasteiger partial charge in [-0.2, -0.15) is 23.5 Å². The molecule has 0 heterocycles. The standard InChI is InChI=1S/C13H21NS2/c1-15-10-6-9-14-13(11-16-2)12-7-4-3-5-8-12/h3-5,7-8,13-14H,6,9-11H2,1-2H3. The lowest BCUT2D eigenvalue weighted by atomic mass is 10.1. The number of hydrogen-bond donors (Lipinski definition) is 1. The summed E-state index contributed by atoms with van der Waals surface area (Å²) in [6.07, 6.45) is 5.58. The van der Waals surface area contributed by atoms with Gasteiger partial charge in [0.15, 0.2) is 0 Å². The maximum atomic E-state index is 3.64. The summed E-state index contributed by atoms with van der Waals surface area (Å²) in [5.74, 6) is 2.39. The summed E-state index contributed by atoms with van der Waals surface area (Å²) in [6, 6.07) is 11.2. The van der Waals surface area contributed by atoms with E-state index in [0.29, 0.717) is 6.04 Å². The average Bonchev–Trinajstić information content (AvgIpc) is 2.34. The van der Waals surface area contributed by atoms with E-state index in [1.807, 2.05) is 23.5 Å². The van der Waals surface area contributed by atoms with Crippen molar-refractivity contribution in [2.24, 2.45) is 0 Å². The predicted molar refractivity (Wildman–Crippen MR) is 78.6 cm³/mol. The molecule has 0 aliphatic carbocycles. The van der Waals surface area contributed by atoms with Crippen molar-refractivity contribution in [3.63, 3.8) is 0 Å². The van der Waals surface area contributed by atoms with E-state index in [4.69, 9.17) is 0 Å². The van der Waals surface area contributed by atoms with Gasteiger partial charge in [0, 0.05) is 11.8 Å². The summed E-state index contributed by atoms with van der Waals surface area (Å²) in [5, 5.41) is 3.64. The first-order valence-corrected chi connectivity index (χ1v) is 8.43. The molecule has 0 amide bonds. The third-order valence-electron chi connectivity index (χ3n) is 2.45. The van der Waals surface area contributed by atoms with E-state index in [1.54, 1.807) is 0 Å². The van der Waals surface area contributed by atoms with Crippen LogP contribution in [0.25, 0.3) is 0 Å². The SMILES string of the molecule is CSCCCNC(CSC)c1ccccc1. The van der Waals surface area contributed by atoms with Gasteiger partial charge >= 0.3 is 0 Å². The molecule has 1 nitrogen and oxygen atoms in total. The molecule has 90 valence electrons. The van der Waals surface area contributed by atoms with Crippen LogP contribution in [0.1, 0.15) is 18.0 Å². The third kappa shape index (κ3) is 5.28. The number of benzene rings is 1. The van der Waals surface area contributed by atoms with Crippen LogP contribution in [-0.4, -0.2) is 30.6 Å². The Morgan fingerprint density at radius 1 is 1.12 bits per heavy atom. The maximum Gasteiger partial charge on any atom is 0.0411 e. The van der Waals surface area contributed by atoms with Gasteiger partial charge in [0.25, 0.3) is 0 Å². The second kappa shape index (κ2) is 8.97. The molecule has 0 radical (unpaired) electrons. The molecule has 3 heteroatoms. The fourth-order valence-electron chi connectivity index (χ4n) is 1.62. The molecular weight excluding hydrogens is 234 g/mol. The minimum Gasteiger partial charge on any atom is -0.309 e. The molecule has 0 saturated heterocycles. The van der Waals surface area contributed by atoms with Gasteiger partial charge in [-0.1, -0.05) is 30.3 Å². The van der Waals surface area contributed by atoms with Gasteiger partial charge in [-0.05, 0) is 36.8 Å². The van der Waals surface area contributed by atoms with Crippen LogP contribution < -0.4 is 5.32 Å². The van der Waals surface area contributed by atoms with E-state index in [-0.39, 0.29) is 0 Å². The van der Waals surface area contributed by atoms with Gasteiger partial charge in [0.05, 0.1) is 0 Å². The first-order valence-electron chi connectivity index (χ1n) is 5.64. The molecule has 0 saturated carbocycles. The summed E-state index contributed by atoms with van der Waals surface area (Å²) in [7, 11) is 0. The molecule has 1 aromatic carbocycles. The van der Waals surface area contributed by atoms with Gasteiger partial charge in [0.1, 0.15) is 0 Å². The highest BCUT2D eigenvalue weighted by Gasteiger charge is 2.08. The summed E-state index contributed by atoms with van der Waals surface area (Å²) >= 11 is 3.82. The number of thioether (sulfide) groups is 2. The van der Waals surface area contributed by atoms with Crippen molar-refractivity contribution in [1.82, 2.24) is 5.32 Å². The second-order valence-electron chi connectivity index (χ2n) is 3.72. The van der Waals surface area contributed by atoms with E-state index in [0.717, 1.165) is 12.3 Å². The molecule has 1 N–H and O–H groups in total. The Kier molecular flexibility index (Phi) is 7.81. The quantitative estimate of drug-likeness (QED) is 0.715. The lowest BCUT2D eigenvalue weighted by molar-refractivity contribution is 0.580.